The topological polar surface area (TPSA) is 0 Å². The molecule has 0 nitrogen and oxygen atoms in total. The summed E-state index contributed by atoms with van der Waals surface area (Å²) >= 11 is 3.58. The fraction of sp³-hybridized carbons (Fsp3) is 0.833. The van der Waals surface area contributed by atoms with Gasteiger partial charge in [-0.2, -0.15) is 0 Å². The van der Waals surface area contributed by atoms with Crippen LogP contribution in [0.4, 0.5) is 0 Å². The number of hydrogen-bond donors (Lipinski definition) is 0. The first-order chi connectivity index (χ1) is 6.19. The van der Waals surface area contributed by atoms with Crippen LogP contribution in [-0.2, 0) is 0 Å². The van der Waals surface area contributed by atoms with Crippen LogP contribution in [0.3, 0.4) is 0 Å². The van der Waals surface area contributed by atoms with Gasteiger partial charge in [-0.25, -0.2) is 0 Å². The Labute approximate surface area is 91.9 Å². The van der Waals surface area contributed by atoms with E-state index in [1.807, 2.05) is 0 Å². The standard InChI is InChI=1S/C12H23Br/c1-5-10(4)12(7-3)8-11(6-2)9-13/h11H,5-9H2,1-4H3. The molecule has 0 aliphatic rings. The highest BCUT2D eigenvalue weighted by atomic mass is 79.9. The van der Waals surface area contributed by atoms with E-state index in [9.17, 15) is 0 Å². The fourth-order valence-corrected chi connectivity index (χ4v) is 2.21. The molecule has 0 aliphatic carbocycles. The first-order valence-corrected chi connectivity index (χ1v) is 6.55. The number of hydrogen-bond acceptors (Lipinski definition) is 0. The predicted octanol–water partition coefficient (Wildman–Crippen LogP) is 4.93. The minimum absolute atomic E-state index is 0.830. The Balaban J connectivity index is 4.26. The molecule has 0 aromatic heterocycles. The predicted molar refractivity (Wildman–Crippen MR) is 65.5 cm³/mol. The SMILES string of the molecule is CCC(C)=C(CC)CC(CC)CBr. The van der Waals surface area contributed by atoms with Crippen molar-refractivity contribution in [2.24, 2.45) is 5.92 Å². The van der Waals surface area contributed by atoms with Crippen molar-refractivity contribution in [2.75, 3.05) is 5.33 Å². The molecule has 0 bridgehead atoms. The minimum atomic E-state index is 0.830. The Morgan fingerprint density at radius 1 is 1.15 bits per heavy atom. The Hall–Kier alpha value is 0.220. The first-order valence-electron chi connectivity index (χ1n) is 5.42. The average molecular weight is 247 g/mol. The quantitative estimate of drug-likeness (QED) is 0.461. The molecule has 0 aromatic rings. The molecule has 1 unspecified atom stereocenters. The molecule has 1 heteroatoms. The summed E-state index contributed by atoms with van der Waals surface area (Å²) in [6, 6.07) is 0. The van der Waals surface area contributed by atoms with Gasteiger partial charge in [0.05, 0.1) is 0 Å². The van der Waals surface area contributed by atoms with E-state index in [0.29, 0.717) is 0 Å². The van der Waals surface area contributed by atoms with Crippen LogP contribution >= 0.6 is 15.9 Å². The second-order valence-corrected chi connectivity index (χ2v) is 4.37. The maximum Gasteiger partial charge on any atom is 0.00626 e. The van der Waals surface area contributed by atoms with Crippen LogP contribution in [0.1, 0.15) is 53.4 Å². The molecule has 0 fully saturated rings. The summed E-state index contributed by atoms with van der Waals surface area (Å²) in [5, 5.41) is 1.14. The van der Waals surface area contributed by atoms with Crippen molar-refractivity contribution >= 4 is 15.9 Å². The Bertz CT molecular complexity index is 155. The number of rotatable bonds is 6. The molecule has 0 rings (SSSR count). The van der Waals surface area contributed by atoms with Gasteiger partial charge in [0.25, 0.3) is 0 Å². The van der Waals surface area contributed by atoms with Crippen LogP contribution < -0.4 is 0 Å². The molecular formula is C12H23Br. The summed E-state index contributed by atoms with van der Waals surface area (Å²) < 4.78 is 0. The van der Waals surface area contributed by atoms with Crippen LogP contribution in [0.2, 0.25) is 0 Å². The molecular weight excluding hydrogens is 224 g/mol. The van der Waals surface area contributed by atoms with Crippen molar-refractivity contribution in [2.45, 2.75) is 53.4 Å². The largest absolute Gasteiger partial charge is 0.0925 e. The normalized spacial score (nSPS) is 15.5. The van der Waals surface area contributed by atoms with Gasteiger partial charge in [0.15, 0.2) is 0 Å². The van der Waals surface area contributed by atoms with E-state index in [4.69, 9.17) is 0 Å². The number of halogens is 1. The minimum Gasteiger partial charge on any atom is -0.0925 e. The number of alkyl halides is 1. The van der Waals surface area contributed by atoms with Gasteiger partial charge in [-0.3, -0.25) is 0 Å². The van der Waals surface area contributed by atoms with Gasteiger partial charge in [-0.15, -0.1) is 0 Å². The van der Waals surface area contributed by atoms with Gasteiger partial charge in [-0.1, -0.05) is 54.3 Å². The van der Waals surface area contributed by atoms with E-state index in [2.05, 4.69) is 43.6 Å². The summed E-state index contributed by atoms with van der Waals surface area (Å²) in [5.41, 5.74) is 3.27. The second-order valence-electron chi connectivity index (χ2n) is 3.72. The van der Waals surface area contributed by atoms with Gasteiger partial charge in [0.2, 0.25) is 0 Å². The molecule has 13 heavy (non-hydrogen) atoms. The summed E-state index contributed by atoms with van der Waals surface area (Å²) in [6.45, 7) is 9.08. The summed E-state index contributed by atoms with van der Waals surface area (Å²) in [5.74, 6) is 0.830. The van der Waals surface area contributed by atoms with Crippen molar-refractivity contribution in [3.63, 3.8) is 0 Å². The molecule has 0 heterocycles. The molecule has 0 N–H and O–H groups in total. The first kappa shape index (κ1) is 13.2. The molecule has 0 radical (unpaired) electrons. The third-order valence-corrected chi connectivity index (χ3v) is 3.81. The lowest BCUT2D eigenvalue weighted by Crippen LogP contribution is -2.03. The van der Waals surface area contributed by atoms with Crippen LogP contribution in [0.5, 0.6) is 0 Å². The molecule has 78 valence electrons. The van der Waals surface area contributed by atoms with Crippen molar-refractivity contribution < 1.29 is 0 Å². The van der Waals surface area contributed by atoms with Crippen LogP contribution in [0, 0.1) is 5.92 Å². The fourth-order valence-electron chi connectivity index (χ4n) is 1.53. The highest BCUT2D eigenvalue weighted by molar-refractivity contribution is 9.09. The van der Waals surface area contributed by atoms with E-state index >= 15 is 0 Å². The summed E-state index contributed by atoms with van der Waals surface area (Å²) in [6.07, 6.45) is 5.01. The third-order valence-electron chi connectivity index (χ3n) is 2.89. The lowest BCUT2D eigenvalue weighted by Gasteiger charge is -2.15. The maximum atomic E-state index is 3.58. The van der Waals surface area contributed by atoms with E-state index in [0.717, 1.165) is 11.2 Å². The van der Waals surface area contributed by atoms with Gasteiger partial charge < -0.3 is 0 Å². The van der Waals surface area contributed by atoms with E-state index in [-0.39, 0.29) is 0 Å². The van der Waals surface area contributed by atoms with E-state index < -0.39 is 0 Å². The highest BCUT2D eigenvalue weighted by Gasteiger charge is 2.08. The van der Waals surface area contributed by atoms with Crippen molar-refractivity contribution in [1.29, 1.82) is 0 Å². The molecule has 0 amide bonds. The zero-order valence-corrected chi connectivity index (χ0v) is 11.1. The van der Waals surface area contributed by atoms with E-state index in [1.54, 1.807) is 11.1 Å². The van der Waals surface area contributed by atoms with Crippen LogP contribution in [0.25, 0.3) is 0 Å². The van der Waals surface area contributed by atoms with Gasteiger partial charge in [-0.05, 0) is 32.1 Å². The molecule has 1 atom stereocenters. The van der Waals surface area contributed by atoms with Crippen molar-refractivity contribution in [1.82, 2.24) is 0 Å². The molecule has 0 aliphatic heterocycles. The Morgan fingerprint density at radius 2 is 1.77 bits per heavy atom. The lowest BCUT2D eigenvalue weighted by molar-refractivity contribution is 0.558. The second kappa shape index (κ2) is 7.61. The Kier molecular flexibility index (Phi) is 7.74. The molecule has 0 spiro atoms. The maximum absolute atomic E-state index is 3.58. The smallest absolute Gasteiger partial charge is 0.00626 e. The van der Waals surface area contributed by atoms with Gasteiger partial charge >= 0.3 is 0 Å². The zero-order valence-electron chi connectivity index (χ0n) is 9.49. The van der Waals surface area contributed by atoms with Crippen LogP contribution in [0.15, 0.2) is 11.1 Å². The molecule has 0 saturated carbocycles. The number of allylic oxidation sites excluding steroid dienone is 2. The van der Waals surface area contributed by atoms with Crippen molar-refractivity contribution in [3.05, 3.63) is 11.1 Å². The van der Waals surface area contributed by atoms with Crippen molar-refractivity contribution in [3.8, 4) is 0 Å². The monoisotopic (exact) mass is 246 g/mol. The van der Waals surface area contributed by atoms with Gasteiger partial charge in [0, 0.05) is 5.33 Å². The Morgan fingerprint density at radius 3 is 2.08 bits per heavy atom. The lowest BCUT2D eigenvalue weighted by atomic mass is 9.93. The average Bonchev–Trinajstić information content (AvgIpc) is 2.19. The van der Waals surface area contributed by atoms with E-state index in [1.165, 1.54) is 25.7 Å². The third kappa shape index (κ3) is 4.85. The van der Waals surface area contributed by atoms with Gasteiger partial charge in [0.1, 0.15) is 0 Å². The molecule has 0 saturated heterocycles. The highest BCUT2D eigenvalue weighted by Crippen LogP contribution is 2.23. The summed E-state index contributed by atoms with van der Waals surface area (Å²) in [4.78, 5) is 0. The van der Waals surface area contributed by atoms with Crippen LogP contribution in [-0.4, -0.2) is 5.33 Å². The molecule has 0 aromatic carbocycles. The zero-order chi connectivity index (χ0) is 10.3. The summed E-state index contributed by atoms with van der Waals surface area (Å²) in [7, 11) is 0.